The van der Waals surface area contributed by atoms with Gasteiger partial charge in [0.05, 0.1) is 13.2 Å². The van der Waals surface area contributed by atoms with Gasteiger partial charge >= 0.3 is 0 Å². The number of methoxy groups -OCH3 is 1. The summed E-state index contributed by atoms with van der Waals surface area (Å²) in [5, 5.41) is 2.77. The molecule has 1 amide bonds. The van der Waals surface area contributed by atoms with Crippen LogP contribution in [0, 0.1) is 5.95 Å². The van der Waals surface area contributed by atoms with Gasteiger partial charge in [0, 0.05) is 0 Å². The van der Waals surface area contributed by atoms with Crippen LogP contribution in [0.5, 0.6) is 5.75 Å². The number of nitrogens with zero attached hydrogens (tertiary/aromatic N) is 1. The van der Waals surface area contributed by atoms with Gasteiger partial charge in [-0.3, -0.25) is 4.79 Å². The van der Waals surface area contributed by atoms with Crippen molar-refractivity contribution < 1.29 is 13.9 Å². The van der Waals surface area contributed by atoms with Crippen molar-refractivity contribution in [3.63, 3.8) is 0 Å². The Morgan fingerprint density at radius 2 is 2.05 bits per heavy atom. The van der Waals surface area contributed by atoms with Crippen molar-refractivity contribution in [3.05, 3.63) is 59.7 Å². The monoisotopic (exact) mass is 274 g/mol. The van der Waals surface area contributed by atoms with E-state index in [0.29, 0.717) is 5.75 Å². The van der Waals surface area contributed by atoms with E-state index in [1.807, 2.05) is 31.2 Å². The fourth-order valence-electron chi connectivity index (χ4n) is 1.80. The largest absolute Gasteiger partial charge is 0.497 e. The number of carbonyl (C=O) groups excluding carboxylic acids is 1. The summed E-state index contributed by atoms with van der Waals surface area (Å²) in [6, 6.07) is 11.3. The highest BCUT2D eigenvalue weighted by atomic mass is 19.1. The molecule has 5 heteroatoms. The summed E-state index contributed by atoms with van der Waals surface area (Å²) < 4.78 is 18.1. The van der Waals surface area contributed by atoms with Gasteiger partial charge < -0.3 is 10.1 Å². The van der Waals surface area contributed by atoms with E-state index in [1.165, 1.54) is 18.2 Å². The summed E-state index contributed by atoms with van der Waals surface area (Å²) in [5.74, 6) is -0.376. The number of halogens is 1. The zero-order chi connectivity index (χ0) is 14.5. The van der Waals surface area contributed by atoms with Crippen LogP contribution in [0.3, 0.4) is 0 Å². The van der Waals surface area contributed by atoms with Crippen LogP contribution in [0.15, 0.2) is 42.5 Å². The maximum atomic E-state index is 13.0. The van der Waals surface area contributed by atoms with Crippen LogP contribution >= 0.6 is 0 Å². The first-order valence-electron chi connectivity index (χ1n) is 6.17. The fraction of sp³-hybridized carbons (Fsp3) is 0.200. The Balaban J connectivity index is 2.10. The van der Waals surface area contributed by atoms with E-state index in [1.54, 1.807) is 7.11 Å². The summed E-state index contributed by atoms with van der Waals surface area (Å²) in [7, 11) is 1.58. The molecule has 2 aromatic rings. The smallest absolute Gasteiger partial charge is 0.270 e. The van der Waals surface area contributed by atoms with Crippen LogP contribution in [-0.2, 0) is 0 Å². The topological polar surface area (TPSA) is 51.2 Å². The van der Waals surface area contributed by atoms with E-state index in [9.17, 15) is 9.18 Å². The Hall–Kier alpha value is -2.43. The third-order valence-electron chi connectivity index (χ3n) is 2.89. The van der Waals surface area contributed by atoms with Gasteiger partial charge in [0.1, 0.15) is 11.4 Å². The lowest BCUT2D eigenvalue weighted by Crippen LogP contribution is -2.27. The van der Waals surface area contributed by atoms with Gasteiger partial charge in [-0.05, 0) is 36.8 Å². The predicted molar refractivity (Wildman–Crippen MR) is 73.1 cm³/mol. The first-order valence-corrected chi connectivity index (χ1v) is 6.17. The van der Waals surface area contributed by atoms with Crippen molar-refractivity contribution in [3.8, 4) is 5.75 Å². The number of amides is 1. The molecule has 4 nitrogen and oxygen atoms in total. The first kappa shape index (κ1) is 14.0. The molecule has 0 aliphatic heterocycles. The van der Waals surface area contributed by atoms with Crippen molar-refractivity contribution in [1.29, 1.82) is 0 Å². The van der Waals surface area contributed by atoms with E-state index in [2.05, 4.69) is 10.3 Å². The van der Waals surface area contributed by atoms with Crippen LogP contribution in [0.2, 0.25) is 0 Å². The lowest BCUT2D eigenvalue weighted by molar-refractivity contribution is 0.0933. The summed E-state index contributed by atoms with van der Waals surface area (Å²) in [6.07, 6.45) is 0. The zero-order valence-corrected chi connectivity index (χ0v) is 11.3. The Labute approximate surface area is 116 Å². The molecule has 1 heterocycles. The van der Waals surface area contributed by atoms with E-state index in [0.717, 1.165) is 5.56 Å². The number of aromatic nitrogens is 1. The highest BCUT2D eigenvalue weighted by Gasteiger charge is 2.13. The third kappa shape index (κ3) is 3.32. The average molecular weight is 274 g/mol. The summed E-state index contributed by atoms with van der Waals surface area (Å²) in [4.78, 5) is 15.5. The molecule has 0 bridgehead atoms. The summed E-state index contributed by atoms with van der Waals surface area (Å²) in [5.41, 5.74) is 0.953. The molecule has 1 N–H and O–H groups in total. The molecule has 20 heavy (non-hydrogen) atoms. The second-order valence-corrected chi connectivity index (χ2v) is 4.32. The minimum Gasteiger partial charge on any atom is -0.497 e. The highest BCUT2D eigenvalue weighted by Crippen LogP contribution is 2.19. The number of benzene rings is 1. The molecule has 0 aliphatic rings. The number of nitrogens with one attached hydrogen (secondary N) is 1. The first-order chi connectivity index (χ1) is 9.60. The maximum absolute atomic E-state index is 13.0. The molecule has 2 rings (SSSR count). The quantitative estimate of drug-likeness (QED) is 0.872. The Morgan fingerprint density at radius 1 is 1.30 bits per heavy atom. The van der Waals surface area contributed by atoms with Crippen LogP contribution in [0.25, 0.3) is 0 Å². The van der Waals surface area contributed by atoms with Crippen molar-refractivity contribution in [2.45, 2.75) is 13.0 Å². The van der Waals surface area contributed by atoms with Gasteiger partial charge in [-0.25, -0.2) is 4.98 Å². The van der Waals surface area contributed by atoms with Gasteiger partial charge in [-0.2, -0.15) is 4.39 Å². The van der Waals surface area contributed by atoms with Crippen molar-refractivity contribution in [2.24, 2.45) is 0 Å². The predicted octanol–water partition coefficient (Wildman–Crippen LogP) is 2.72. The van der Waals surface area contributed by atoms with Gasteiger partial charge in [0.2, 0.25) is 5.95 Å². The van der Waals surface area contributed by atoms with Gasteiger partial charge in [0.25, 0.3) is 5.91 Å². The fourth-order valence-corrected chi connectivity index (χ4v) is 1.80. The van der Waals surface area contributed by atoms with Crippen LogP contribution in [-0.4, -0.2) is 18.0 Å². The second-order valence-electron chi connectivity index (χ2n) is 4.32. The SMILES string of the molecule is COc1cccc(C(C)NC(=O)c2cccc(F)n2)c1. The lowest BCUT2D eigenvalue weighted by Gasteiger charge is -2.14. The van der Waals surface area contributed by atoms with Crippen molar-refractivity contribution in [1.82, 2.24) is 10.3 Å². The molecule has 0 radical (unpaired) electrons. The molecule has 0 spiro atoms. The van der Waals surface area contributed by atoms with Crippen LogP contribution in [0.4, 0.5) is 4.39 Å². The molecular formula is C15H15FN2O2. The number of hydrogen-bond acceptors (Lipinski definition) is 3. The van der Waals surface area contributed by atoms with Crippen molar-refractivity contribution >= 4 is 5.91 Å². The molecule has 1 atom stereocenters. The van der Waals surface area contributed by atoms with E-state index < -0.39 is 11.9 Å². The number of hydrogen-bond donors (Lipinski definition) is 1. The van der Waals surface area contributed by atoms with E-state index >= 15 is 0 Å². The molecule has 0 fully saturated rings. The minimum absolute atomic E-state index is 0.0553. The molecule has 0 aliphatic carbocycles. The Bertz CT molecular complexity index is 616. The third-order valence-corrected chi connectivity index (χ3v) is 2.89. The number of ether oxygens (including phenoxy) is 1. The molecule has 0 saturated carbocycles. The Morgan fingerprint density at radius 3 is 2.75 bits per heavy atom. The summed E-state index contributed by atoms with van der Waals surface area (Å²) >= 11 is 0. The molecular weight excluding hydrogens is 259 g/mol. The molecule has 0 saturated heterocycles. The van der Waals surface area contributed by atoms with E-state index in [-0.39, 0.29) is 11.7 Å². The standard InChI is InChI=1S/C15H15FN2O2/c1-10(11-5-3-6-12(9-11)20-2)17-15(19)13-7-4-8-14(16)18-13/h3-10H,1-2H3,(H,17,19). The Kier molecular flexibility index (Phi) is 4.30. The molecule has 104 valence electrons. The lowest BCUT2D eigenvalue weighted by atomic mass is 10.1. The van der Waals surface area contributed by atoms with Gasteiger partial charge in [-0.1, -0.05) is 18.2 Å². The highest BCUT2D eigenvalue weighted by molar-refractivity contribution is 5.92. The normalized spacial score (nSPS) is 11.8. The maximum Gasteiger partial charge on any atom is 0.270 e. The second kappa shape index (κ2) is 6.14. The number of pyridine rings is 1. The van der Waals surface area contributed by atoms with Crippen LogP contribution < -0.4 is 10.1 Å². The number of rotatable bonds is 4. The molecule has 1 aromatic carbocycles. The molecule has 1 aromatic heterocycles. The minimum atomic E-state index is -0.674. The van der Waals surface area contributed by atoms with E-state index in [4.69, 9.17) is 4.74 Å². The van der Waals surface area contributed by atoms with Crippen LogP contribution in [0.1, 0.15) is 29.0 Å². The number of carbonyl (C=O) groups is 1. The average Bonchev–Trinajstić information content (AvgIpc) is 2.47. The van der Waals surface area contributed by atoms with Gasteiger partial charge in [-0.15, -0.1) is 0 Å². The zero-order valence-electron chi connectivity index (χ0n) is 11.3. The molecule has 1 unspecified atom stereocenters. The summed E-state index contributed by atoms with van der Waals surface area (Å²) in [6.45, 7) is 1.84. The van der Waals surface area contributed by atoms with Crippen molar-refractivity contribution in [2.75, 3.05) is 7.11 Å². The van der Waals surface area contributed by atoms with Gasteiger partial charge in [0.15, 0.2) is 0 Å².